The number of hydrogen-bond acceptors (Lipinski definition) is 4. The van der Waals surface area contributed by atoms with Gasteiger partial charge >= 0.3 is 17.9 Å². The largest absolute Gasteiger partial charge is 0.481 e. The molecule has 1 aromatic rings. The van der Waals surface area contributed by atoms with Gasteiger partial charge in [-0.2, -0.15) is 0 Å². The third-order valence-corrected chi connectivity index (χ3v) is 3.56. The van der Waals surface area contributed by atoms with Crippen LogP contribution in [0, 0.1) is 5.92 Å². The molecule has 1 unspecified atom stereocenters. The van der Waals surface area contributed by atoms with Crippen LogP contribution < -0.4 is 0 Å². The maximum atomic E-state index is 11.0. The van der Waals surface area contributed by atoms with E-state index in [4.69, 9.17) is 15.3 Å². The first-order valence-corrected chi connectivity index (χ1v) is 6.30. The van der Waals surface area contributed by atoms with E-state index in [0.29, 0.717) is 4.90 Å². The second kappa shape index (κ2) is 6.79. The third kappa shape index (κ3) is 4.63. The summed E-state index contributed by atoms with van der Waals surface area (Å²) in [5.41, 5.74) is 0.0759. The number of carbonyl (C=O) groups is 3. The highest BCUT2D eigenvalue weighted by molar-refractivity contribution is 7.99. The summed E-state index contributed by atoms with van der Waals surface area (Å²) >= 11 is 1.03. The Morgan fingerprint density at radius 2 is 1.74 bits per heavy atom. The fourth-order valence-corrected chi connectivity index (χ4v) is 2.51. The van der Waals surface area contributed by atoms with Crippen LogP contribution >= 0.6 is 11.8 Å². The molecule has 6 nitrogen and oxygen atoms in total. The molecular formula is C12H12O6S. The van der Waals surface area contributed by atoms with E-state index < -0.39 is 30.2 Å². The number of benzene rings is 1. The summed E-state index contributed by atoms with van der Waals surface area (Å²) in [6.07, 6.45) is -0.489. The van der Waals surface area contributed by atoms with Crippen LogP contribution in [0.15, 0.2) is 29.2 Å². The van der Waals surface area contributed by atoms with Crippen LogP contribution in [0.1, 0.15) is 16.8 Å². The van der Waals surface area contributed by atoms with Crippen LogP contribution in [0.4, 0.5) is 0 Å². The second-order valence-electron chi connectivity index (χ2n) is 3.75. The molecule has 0 radical (unpaired) electrons. The van der Waals surface area contributed by atoms with Gasteiger partial charge in [0.25, 0.3) is 0 Å². The molecule has 0 aromatic heterocycles. The van der Waals surface area contributed by atoms with Gasteiger partial charge in [0.15, 0.2) is 0 Å². The van der Waals surface area contributed by atoms with Gasteiger partial charge in [-0.1, -0.05) is 12.1 Å². The van der Waals surface area contributed by atoms with Crippen LogP contribution in [-0.4, -0.2) is 39.0 Å². The molecule has 19 heavy (non-hydrogen) atoms. The number of hydrogen-bond donors (Lipinski definition) is 3. The molecule has 0 saturated carbocycles. The summed E-state index contributed by atoms with van der Waals surface area (Å²) in [5, 5.41) is 26.5. The van der Waals surface area contributed by atoms with Crippen molar-refractivity contribution in [2.45, 2.75) is 11.3 Å². The van der Waals surface area contributed by atoms with Crippen molar-refractivity contribution in [3.8, 4) is 0 Å². The molecule has 0 saturated heterocycles. The van der Waals surface area contributed by atoms with E-state index in [-0.39, 0.29) is 11.3 Å². The Morgan fingerprint density at radius 1 is 1.11 bits per heavy atom. The van der Waals surface area contributed by atoms with Crippen LogP contribution in [0.5, 0.6) is 0 Å². The Hall–Kier alpha value is -2.02. The van der Waals surface area contributed by atoms with Gasteiger partial charge in [0, 0.05) is 10.6 Å². The number of rotatable bonds is 7. The highest BCUT2D eigenvalue weighted by Crippen LogP contribution is 2.26. The average molecular weight is 284 g/mol. The highest BCUT2D eigenvalue weighted by Gasteiger charge is 2.22. The third-order valence-electron chi connectivity index (χ3n) is 2.33. The Morgan fingerprint density at radius 3 is 2.26 bits per heavy atom. The van der Waals surface area contributed by atoms with E-state index >= 15 is 0 Å². The summed E-state index contributed by atoms with van der Waals surface area (Å²) in [5.74, 6) is -4.55. The van der Waals surface area contributed by atoms with Gasteiger partial charge in [0.05, 0.1) is 17.9 Å². The minimum Gasteiger partial charge on any atom is -0.481 e. The molecule has 0 fully saturated rings. The van der Waals surface area contributed by atoms with Crippen molar-refractivity contribution in [2.24, 2.45) is 5.92 Å². The van der Waals surface area contributed by atoms with E-state index in [1.807, 2.05) is 0 Å². The molecule has 0 aliphatic carbocycles. The van der Waals surface area contributed by atoms with Gasteiger partial charge in [-0.15, -0.1) is 11.8 Å². The molecule has 0 spiro atoms. The Labute approximate surface area is 113 Å². The van der Waals surface area contributed by atoms with Gasteiger partial charge in [0.1, 0.15) is 0 Å². The van der Waals surface area contributed by atoms with Crippen molar-refractivity contribution in [1.29, 1.82) is 0 Å². The monoisotopic (exact) mass is 284 g/mol. The Kier molecular flexibility index (Phi) is 5.37. The molecule has 0 aliphatic rings. The molecule has 0 aliphatic heterocycles. The van der Waals surface area contributed by atoms with Gasteiger partial charge in [-0.25, -0.2) is 4.79 Å². The molecule has 0 bridgehead atoms. The number of carboxylic acid groups (broad SMARTS) is 3. The van der Waals surface area contributed by atoms with Crippen molar-refractivity contribution < 1.29 is 29.7 Å². The Bertz CT molecular complexity index is 499. The smallest absolute Gasteiger partial charge is 0.336 e. The summed E-state index contributed by atoms with van der Waals surface area (Å²) < 4.78 is 0. The first kappa shape index (κ1) is 15.0. The lowest BCUT2D eigenvalue weighted by molar-refractivity contribution is -0.147. The minimum atomic E-state index is -1.21. The topological polar surface area (TPSA) is 112 Å². The SMILES string of the molecule is O=C(O)CC(CSc1ccccc1C(=O)O)C(=O)O. The Balaban J connectivity index is 2.77. The molecule has 0 amide bonds. The molecule has 7 heteroatoms. The van der Waals surface area contributed by atoms with E-state index in [2.05, 4.69) is 0 Å². The first-order valence-electron chi connectivity index (χ1n) is 5.31. The molecular weight excluding hydrogens is 272 g/mol. The fraction of sp³-hybridized carbons (Fsp3) is 0.250. The zero-order valence-corrected chi connectivity index (χ0v) is 10.6. The van der Waals surface area contributed by atoms with Crippen LogP contribution in [-0.2, 0) is 9.59 Å². The van der Waals surface area contributed by atoms with Gasteiger partial charge in [-0.3, -0.25) is 9.59 Å². The molecule has 1 rings (SSSR count). The lowest BCUT2D eigenvalue weighted by Crippen LogP contribution is -2.20. The van der Waals surface area contributed by atoms with Crippen molar-refractivity contribution in [3.63, 3.8) is 0 Å². The average Bonchev–Trinajstić information content (AvgIpc) is 2.34. The van der Waals surface area contributed by atoms with Crippen molar-refractivity contribution in [1.82, 2.24) is 0 Å². The standard InChI is InChI=1S/C12H12O6S/c13-10(14)5-7(11(15)16)6-19-9-4-2-1-3-8(9)12(17)18/h1-4,7H,5-6H2,(H,13,14)(H,15,16)(H,17,18). The summed E-state index contributed by atoms with van der Waals surface area (Å²) in [4.78, 5) is 32.8. The number of aliphatic carboxylic acids is 2. The van der Waals surface area contributed by atoms with E-state index in [0.717, 1.165) is 11.8 Å². The molecule has 0 heterocycles. The van der Waals surface area contributed by atoms with Gasteiger partial charge in [-0.05, 0) is 12.1 Å². The van der Waals surface area contributed by atoms with Crippen LogP contribution in [0.25, 0.3) is 0 Å². The predicted octanol–water partition coefficient (Wildman–Crippen LogP) is 1.65. The maximum absolute atomic E-state index is 11.0. The van der Waals surface area contributed by atoms with E-state index in [9.17, 15) is 14.4 Å². The number of aromatic carboxylic acids is 1. The summed E-state index contributed by atoms with van der Waals surface area (Å²) in [7, 11) is 0. The number of thioether (sulfide) groups is 1. The number of carboxylic acids is 3. The molecule has 102 valence electrons. The molecule has 1 atom stereocenters. The molecule has 1 aromatic carbocycles. The van der Waals surface area contributed by atoms with E-state index in [1.54, 1.807) is 18.2 Å². The summed E-state index contributed by atoms with van der Waals surface area (Å²) in [6, 6.07) is 6.19. The van der Waals surface area contributed by atoms with Crippen molar-refractivity contribution in [3.05, 3.63) is 29.8 Å². The fourth-order valence-electron chi connectivity index (χ4n) is 1.39. The quantitative estimate of drug-likeness (QED) is 0.652. The zero-order valence-electron chi connectivity index (χ0n) is 9.78. The minimum absolute atomic E-state index is 0.00588. The highest BCUT2D eigenvalue weighted by atomic mass is 32.2. The predicted molar refractivity (Wildman–Crippen MR) is 67.5 cm³/mol. The maximum Gasteiger partial charge on any atom is 0.336 e. The van der Waals surface area contributed by atoms with Gasteiger partial charge < -0.3 is 15.3 Å². The van der Waals surface area contributed by atoms with E-state index in [1.165, 1.54) is 6.07 Å². The summed E-state index contributed by atoms with van der Waals surface area (Å²) in [6.45, 7) is 0. The van der Waals surface area contributed by atoms with Crippen LogP contribution in [0.3, 0.4) is 0 Å². The normalized spacial score (nSPS) is 11.8. The lowest BCUT2D eigenvalue weighted by Gasteiger charge is -2.10. The molecule has 3 N–H and O–H groups in total. The second-order valence-corrected chi connectivity index (χ2v) is 4.81. The lowest BCUT2D eigenvalue weighted by atomic mass is 10.1. The van der Waals surface area contributed by atoms with Gasteiger partial charge in [0.2, 0.25) is 0 Å². The first-order chi connectivity index (χ1) is 8.91. The van der Waals surface area contributed by atoms with Crippen molar-refractivity contribution in [2.75, 3.05) is 5.75 Å². The zero-order chi connectivity index (χ0) is 14.4. The van der Waals surface area contributed by atoms with Crippen LogP contribution in [0.2, 0.25) is 0 Å². The van der Waals surface area contributed by atoms with Crippen molar-refractivity contribution >= 4 is 29.7 Å².